The van der Waals surface area contributed by atoms with Crippen LogP contribution in [-0.4, -0.2) is 40.8 Å². The highest BCUT2D eigenvalue weighted by molar-refractivity contribution is 5.85. The van der Waals surface area contributed by atoms with Crippen LogP contribution in [0.2, 0.25) is 0 Å². The molecule has 0 unspecified atom stereocenters. The Morgan fingerprint density at radius 3 is 2.59 bits per heavy atom. The summed E-state index contributed by atoms with van der Waals surface area (Å²) in [6, 6.07) is 0. The third kappa shape index (κ3) is 2.72. The highest BCUT2D eigenvalue weighted by Gasteiger charge is 2.68. The number of carbonyl (C=O) groups excluding carboxylic acids is 2. The molecule has 0 spiro atoms. The molecule has 2 N–H and O–H groups in total. The standard InChI is InChI=1S/C22H34O5/c1-6-20(4)11-16(27-17(25)12-23)21(5)9-7-13(2)22(14(3)19(20)26)10-8-15(24)18(21)22/h6,13-14,16,18-19,23,26H,1,7-12H2,2-5H3/t13-,14+,16-,18+,19+,20-,21+,22+/m1/s1. The second-order valence-corrected chi connectivity index (χ2v) is 9.74. The molecule has 3 rings (SSSR count). The first-order valence-corrected chi connectivity index (χ1v) is 10.2. The highest BCUT2D eigenvalue weighted by atomic mass is 16.6. The van der Waals surface area contributed by atoms with Gasteiger partial charge in [-0.05, 0) is 42.9 Å². The summed E-state index contributed by atoms with van der Waals surface area (Å²) in [5, 5.41) is 20.6. The first kappa shape index (κ1) is 20.5. The number of rotatable bonds is 3. The SMILES string of the molecule is C=C[C@]1(C)C[C@@H](OC(=O)CO)[C@]2(C)CC[C@@H](C)[C@@]3(CCC(=O)[C@@H]23)[C@@H](C)[C@@H]1O. The van der Waals surface area contributed by atoms with Crippen molar-refractivity contribution in [1.29, 1.82) is 0 Å². The normalized spacial score (nSPS) is 49.7. The summed E-state index contributed by atoms with van der Waals surface area (Å²) < 4.78 is 5.73. The van der Waals surface area contributed by atoms with Gasteiger partial charge in [-0.15, -0.1) is 6.58 Å². The van der Waals surface area contributed by atoms with Crippen LogP contribution in [0.5, 0.6) is 0 Å². The lowest BCUT2D eigenvalue weighted by Crippen LogP contribution is -2.63. The van der Waals surface area contributed by atoms with Crippen molar-refractivity contribution in [3.05, 3.63) is 12.7 Å². The van der Waals surface area contributed by atoms with Gasteiger partial charge in [-0.2, -0.15) is 0 Å². The molecule has 0 saturated heterocycles. The van der Waals surface area contributed by atoms with Crippen LogP contribution in [0, 0.1) is 34.0 Å². The van der Waals surface area contributed by atoms with Crippen LogP contribution in [0.15, 0.2) is 12.7 Å². The van der Waals surface area contributed by atoms with Crippen LogP contribution in [0.4, 0.5) is 0 Å². The molecule has 8 atom stereocenters. The molecule has 0 aliphatic heterocycles. The zero-order valence-corrected chi connectivity index (χ0v) is 17.0. The molecule has 0 aromatic heterocycles. The van der Waals surface area contributed by atoms with Crippen LogP contribution in [-0.2, 0) is 14.3 Å². The number of aliphatic hydroxyl groups is 2. The number of hydrogen-bond acceptors (Lipinski definition) is 5. The fourth-order valence-electron chi connectivity index (χ4n) is 6.86. The number of aliphatic hydroxyl groups excluding tert-OH is 2. The zero-order valence-electron chi connectivity index (χ0n) is 17.0. The molecule has 0 radical (unpaired) electrons. The fraction of sp³-hybridized carbons (Fsp3) is 0.818. The van der Waals surface area contributed by atoms with E-state index in [1.54, 1.807) is 6.08 Å². The molecule has 27 heavy (non-hydrogen) atoms. The van der Waals surface area contributed by atoms with Crippen molar-refractivity contribution in [1.82, 2.24) is 0 Å². The summed E-state index contributed by atoms with van der Waals surface area (Å²) in [6.07, 6.45) is 3.99. The Morgan fingerprint density at radius 2 is 2.00 bits per heavy atom. The number of esters is 1. The van der Waals surface area contributed by atoms with Gasteiger partial charge in [-0.25, -0.2) is 4.79 Å². The Balaban J connectivity index is 2.20. The van der Waals surface area contributed by atoms with Gasteiger partial charge in [0.15, 0.2) is 0 Å². The molecule has 0 aromatic rings. The summed E-state index contributed by atoms with van der Waals surface area (Å²) in [5.41, 5.74) is -1.43. The van der Waals surface area contributed by atoms with Crippen molar-refractivity contribution in [2.45, 2.75) is 72.0 Å². The van der Waals surface area contributed by atoms with Gasteiger partial charge in [-0.1, -0.05) is 33.8 Å². The Labute approximate surface area is 162 Å². The first-order valence-electron chi connectivity index (χ1n) is 10.2. The third-order valence-electron chi connectivity index (χ3n) is 8.58. The quantitative estimate of drug-likeness (QED) is 0.583. The molecule has 2 bridgehead atoms. The number of ketones is 1. The number of hydrogen-bond donors (Lipinski definition) is 2. The molecule has 3 fully saturated rings. The predicted molar refractivity (Wildman–Crippen MR) is 102 cm³/mol. The van der Waals surface area contributed by atoms with Gasteiger partial charge in [0.25, 0.3) is 0 Å². The maximum absolute atomic E-state index is 13.1. The molecular weight excluding hydrogens is 344 g/mol. The van der Waals surface area contributed by atoms with E-state index >= 15 is 0 Å². The molecule has 0 heterocycles. The van der Waals surface area contributed by atoms with E-state index in [1.165, 1.54) is 0 Å². The maximum Gasteiger partial charge on any atom is 0.332 e. The molecule has 0 aromatic carbocycles. The summed E-state index contributed by atoms with van der Waals surface area (Å²) in [7, 11) is 0. The van der Waals surface area contributed by atoms with Gasteiger partial charge in [0.2, 0.25) is 0 Å². The Bertz CT molecular complexity index is 645. The zero-order chi connectivity index (χ0) is 20.2. The molecule has 3 saturated carbocycles. The van der Waals surface area contributed by atoms with Crippen LogP contribution in [0.3, 0.4) is 0 Å². The molecular formula is C22H34O5. The van der Waals surface area contributed by atoms with E-state index in [2.05, 4.69) is 27.4 Å². The summed E-state index contributed by atoms with van der Waals surface area (Å²) in [4.78, 5) is 25.1. The topological polar surface area (TPSA) is 83.8 Å². The molecule has 3 aliphatic rings. The number of Topliss-reactive ketones (excluding diaryl/α,β-unsaturated/α-hetero) is 1. The minimum absolute atomic E-state index is 0.0546. The predicted octanol–water partition coefficient (Wildman–Crippen LogP) is 2.89. The van der Waals surface area contributed by atoms with Crippen molar-refractivity contribution >= 4 is 11.8 Å². The van der Waals surface area contributed by atoms with E-state index in [1.807, 2.05) is 6.92 Å². The van der Waals surface area contributed by atoms with E-state index < -0.39 is 35.6 Å². The van der Waals surface area contributed by atoms with Gasteiger partial charge in [0, 0.05) is 23.2 Å². The Hall–Kier alpha value is -1.20. The fourth-order valence-corrected chi connectivity index (χ4v) is 6.86. The first-order chi connectivity index (χ1) is 12.6. The second-order valence-electron chi connectivity index (χ2n) is 9.74. The lowest BCUT2D eigenvalue weighted by atomic mass is 9.43. The Morgan fingerprint density at radius 1 is 1.33 bits per heavy atom. The minimum atomic E-state index is -0.684. The molecule has 0 amide bonds. The van der Waals surface area contributed by atoms with Crippen molar-refractivity contribution < 1.29 is 24.5 Å². The lowest BCUT2D eigenvalue weighted by Gasteiger charge is -2.62. The molecule has 3 aliphatic carbocycles. The smallest absolute Gasteiger partial charge is 0.332 e. The van der Waals surface area contributed by atoms with E-state index in [4.69, 9.17) is 4.74 Å². The highest BCUT2D eigenvalue weighted by Crippen LogP contribution is 2.68. The van der Waals surface area contributed by atoms with Crippen LogP contribution in [0.1, 0.15) is 59.8 Å². The van der Waals surface area contributed by atoms with Crippen molar-refractivity contribution in [2.75, 3.05) is 6.61 Å². The van der Waals surface area contributed by atoms with Gasteiger partial charge in [0.05, 0.1) is 6.10 Å². The maximum atomic E-state index is 13.1. The van der Waals surface area contributed by atoms with E-state index in [0.717, 1.165) is 19.3 Å². The number of carbonyl (C=O) groups is 2. The van der Waals surface area contributed by atoms with Crippen molar-refractivity contribution in [2.24, 2.45) is 34.0 Å². The van der Waals surface area contributed by atoms with Crippen LogP contribution < -0.4 is 0 Å². The van der Waals surface area contributed by atoms with Crippen molar-refractivity contribution in [3.63, 3.8) is 0 Å². The average Bonchev–Trinajstić information content (AvgIpc) is 3.02. The lowest BCUT2D eigenvalue weighted by molar-refractivity contribution is -0.206. The molecule has 152 valence electrons. The molecule has 5 nitrogen and oxygen atoms in total. The van der Waals surface area contributed by atoms with Crippen molar-refractivity contribution in [3.8, 4) is 0 Å². The largest absolute Gasteiger partial charge is 0.460 e. The second kappa shape index (κ2) is 6.70. The summed E-state index contributed by atoms with van der Waals surface area (Å²) in [6.45, 7) is 11.6. The number of ether oxygens (including phenoxy) is 1. The average molecular weight is 379 g/mol. The molecule has 5 heteroatoms. The van der Waals surface area contributed by atoms with Gasteiger partial charge in [0.1, 0.15) is 18.5 Å². The van der Waals surface area contributed by atoms with Crippen LogP contribution >= 0.6 is 0 Å². The monoisotopic (exact) mass is 378 g/mol. The van der Waals surface area contributed by atoms with E-state index in [9.17, 15) is 19.8 Å². The van der Waals surface area contributed by atoms with E-state index in [0.29, 0.717) is 18.8 Å². The third-order valence-corrected chi connectivity index (χ3v) is 8.58. The van der Waals surface area contributed by atoms with Gasteiger partial charge < -0.3 is 14.9 Å². The van der Waals surface area contributed by atoms with E-state index in [-0.39, 0.29) is 23.0 Å². The Kier molecular flexibility index (Phi) is 5.09. The van der Waals surface area contributed by atoms with Crippen LogP contribution in [0.25, 0.3) is 0 Å². The summed E-state index contributed by atoms with van der Waals surface area (Å²) in [5.74, 6) is -0.417. The van der Waals surface area contributed by atoms with Gasteiger partial charge >= 0.3 is 5.97 Å². The van der Waals surface area contributed by atoms with Gasteiger partial charge in [-0.3, -0.25) is 4.79 Å². The minimum Gasteiger partial charge on any atom is -0.460 e. The summed E-state index contributed by atoms with van der Waals surface area (Å²) >= 11 is 0.